The van der Waals surface area contributed by atoms with Crippen LogP contribution in [0.3, 0.4) is 0 Å². The molecule has 0 aliphatic carbocycles. The van der Waals surface area contributed by atoms with Crippen molar-refractivity contribution < 1.29 is 17.6 Å². The van der Waals surface area contributed by atoms with Gasteiger partial charge in [-0.3, -0.25) is 4.79 Å². The van der Waals surface area contributed by atoms with E-state index in [1.165, 1.54) is 24.5 Å². The van der Waals surface area contributed by atoms with Gasteiger partial charge in [-0.25, -0.2) is 13.1 Å². The number of rotatable bonds is 8. The van der Waals surface area contributed by atoms with E-state index in [4.69, 9.17) is 16.0 Å². The van der Waals surface area contributed by atoms with E-state index in [1.807, 2.05) is 19.1 Å². The third-order valence-corrected chi connectivity index (χ3v) is 6.58. The van der Waals surface area contributed by atoms with Crippen molar-refractivity contribution in [2.45, 2.75) is 24.4 Å². The maximum absolute atomic E-state index is 12.5. The van der Waals surface area contributed by atoms with Crippen molar-refractivity contribution in [3.8, 4) is 0 Å². The standard InChI is InChI=1S/C23H23ClN2O4S/c1-17(19-8-10-20(24)11-9-19)26(2)23(27)14-7-18-5-12-22(13-6-18)31(28,29)25-16-21-4-3-15-30-21/h3-15,17,25H,16H2,1-2H3/b14-7+. The van der Waals surface area contributed by atoms with Gasteiger partial charge in [-0.05, 0) is 60.5 Å². The van der Waals surface area contributed by atoms with E-state index in [-0.39, 0.29) is 23.4 Å². The molecular weight excluding hydrogens is 436 g/mol. The SMILES string of the molecule is CC(c1ccc(Cl)cc1)N(C)C(=O)/C=C/c1ccc(S(=O)(=O)NCc2ccco2)cc1. The quantitative estimate of drug-likeness (QED) is 0.498. The predicted octanol–water partition coefficient (Wildman–Crippen LogP) is 4.64. The van der Waals surface area contributed by atoms with Gasteiger partial charge in [0.05, 0.1) is 23.7 Å². The minimum atomic E-state index is -3.66. The van der Waals surface area contributed by atoms with E-state index in [2.05, 4.69) is 4.72 Å². The Kier molecular flexibility index (Phi) is 7.33. The lowest BCUT2D eigenvalue weighted by Gasteiger charge is -2.24. The molecule has 8 heteroatoms. The molecule has 0 fully saturated rings. The van der Waals surface area contributed by atoms with Crippen LogP contribution in [-0.4, -0.2) is 26.3 Å². The maximum Gasteiger partial charge on any atom is 0.246 e. The van der Waals surface area contributed by atoms with Crippen molar-refractivity contribution in [2.24, 2.45) is 0 Å². The molecule has 0 bridgehead atoms. The van der Waals surface area contributed by atoms with E-state index in [0.717, 1.165) is 5.56 Å². The summed E-state index contributed by atoms with van der Waals surface area (Å²) in [5.74, 6) is 0.359. The van der Waals surface area contributed by atoms with Crippen molar-refractivity contribution in [1.82, 2.24) is 9.62 Å². The Balaban J connectivity index is 1.61. The molecule has 31 heavy (non-hydrogen) atoms. The molecule has 1 aromatic heterocycles. The Hall–Kier alpha value is -2.87. The average Bonchev–Trinajstić information content (AvgIpc) is 3.30. The molecule has 0 aliphatic heterocycles. The van der Waals surface area contributed by atoms with Gasteiger partial charge in [-0.1, -0.05) is 35.9 Å². The van der Waals surface area contributed by atoms with E-state index < -0.39 is 10.0 Å². The van der Waals surface area contributed by atoms with Crippen molar-refractivity contribution in [3.63, 3.8) is 0 Å². The van der Waals surface area contributed by atoms with Gasteiger partial charge in [0.1, 0.15) is 5.76 Å². The average molecular weight is 459 g/mol. The van der Waals surface area contributed by atoms with Crippen molar-refractivity contribution in [2.75, 3.05) is 7.05 Å². The molecular formula is C23H23ClN2O4S. The Morgan fingerprint density at radius 2 is 1.81 bits per heavy atom. The van der Waals surface area contributed by atoms with Crippen LogP contribution in [0.15, 0.2) is 82.3 Å². The van der Waals surface area contributed by atoms with Crippen LogP contribution in [0.1, 0.15) is 29.9 Å². The van der Waals surface area contributed by atoms with Crippen LogP contribution in [0, 0.1) is 0 Å². The molecule has 2 aromatic carbocycles. The lowest BCUT2D eigenvalue weighted by atomic mass is 10.1. The number of sulfonamides is 1. The van der Waals surface area contributed by atoms with Crippen molar-refractivity contribution in [1.29, 1.82) is 0 Å². The van der Waals surface area contributed by atoms with Gasteiger partial charge in [0, 0.05) is 18.1 Å². The molecule has 0 saturated heterocycles. The molecule has 3 aromatic rings. The number of hydrogen-bond donors (Lipinski definition) is 1. The third kappa shape index (κ3) is 6.07. The number of nitrogens with one attached hydrogen (secondary N) is 1. The lowest BCUT2D eigenvalue weighted by molar-refractivity contribution is -0.126. The molecule has 1 amide bonds. The van der Waals surface area contributed by atoms with Crippen molar-refractivity contribution in [3.05, 3.63) is 94.9 Å². The first-order valence-corrected chi connectivity index (χ1v) is 11.4. The summed E-state index contributed by atoms with van der Waals surface area (Å²) in [5, 5.41) is 0.645. The number of furan rings is 1. The Morgan fingerprint density at radius 1 is 1.13 bits per heavy atom. The number of nitrogens with zero attached hydrogens (tertiary/aromatic N) is 1. The van der Waals surface area contributed by atoms with E-state index >= 15 is 0 Å². The van der Waals surface area contributed by atoms with Gasteiger partial charge in [0.15, 0.2) is 0 Å². The van der Waals surface area contributed by atoms with Crippen LogP contribution in [0.5, 0.6) is 0 Å². The summed E-state index contributed by atoms with van der Waals surface area (Å²) in [5.41, 5.74) is 1.69. The van der Waals surface area contributed by atoms with Crippen LogP contribution in [-0.2, 0) is 21.4 Å². The largest absolute Gasteiger partial charge is 0.468 e. The molecule has 162 valence electrons. The first-order valence-electron chi connectivity index (χ1n) is 9.59. The zero-order valence-corrected chi connectivity index (χ0v) is 18.7. The molecule has 0 aliphatic rings. The first kappa shape index (κ1) is 22.8. The Labute approximate surface area is 187 Å². The smallest absolute Gasteiger partial charge is 0.246 e. The molecule has 1 N–H and O–H groups in total. The second kappa shape index (κ2) is 9.96. The van der Waals surface area contributed by atoms with Gasteiger partial charge in [0.2, 0.25) is 15.9 Å². The van der Waals surface area contributed by atoms with Gasteiger partial charge in [-0.15, -0.1) is 0 Å². The molecule has 1 atom stereocenters. The van der Waals surface area contributed by atoms with E-state index in [1.54, 1.807) is 54.4 Å². The number of benzene rings is 2. The van der Waals surface area contributed by atoms with E-state index in [9.17, 15) is 13.2 Å². The summed E-state index contributed by atoms with van der Waals surface area (Å²) < 4.78 is 32.4. The molecule has 1 unspecified atom stereocenters. The number of halogens is 1. The van der Waals surface area contributed by atoms with Crippen LogP contribution in [0.4, 0.5) is 0 Å². The second-order valence-electron chi connectivity index (χ2n) is 6.98. The Morgan fingerprint density at radius 3 is 2.42 bits per heavy atom. The number of carbonyl (C=O) groups is 1. The van der Waals surface area contributed by atoms with E-state index in [0.29, 0.717) is 16.3 Å². The minimum absolute atomic E-state index is 0.0730. The number of amides is 1. The highest BCUT2D eigenvalue weighted by atomic mass is 35.5. The fourth-order valence-corrected chi connectivity index (χ4v) is 3.98. The summed E-state index contributed by atoms with van der Waals surface area (Å²) in [6, 6.07) is 16.9. The van der Waals surface area contributed by atoms with Crippen LogP contribution >= 0.6 is 11.6 Å². The zero-order chi connectivity index (χ0) is 22.4. The second-order valence-corrected chi connectivity index (χ2v) is 9.19. The van der Waals surface area contributed by atoms with Gasteiger partial charge < -0.3 is 9.32 Å². The summed E-state index contributed by atoms with van der Waals surface area (Å²) in [6.45, 7) is 2.01. The fourth-order valence-electron chi connectivity index (χ4n) is 2.86. The topological polar surface area (TPSA) is 79.6 Å². The van der Waals surface area contributed by atoms with Crippen LogP contribution < -0.4 is 4.72 Å². The Bertz CT molecular complexity index is 1140. The number of hydrogen-bond acceptors (Lipinski definition) is 4. The highest BCUT2D eigenvalue weighted by molar-refractivity contribution is 7.89. The first-order chi connectivity index (χ1) is 14.8. The third-order valence-electron chi connectivity index (χ3n) is 4.91. The maximum atomic E-state index is 12.5. The molecule has 3 rings (SSSR count). The molecule has 6 nitrogen and oxygen atoms in total. The number of carbonyl (C=O) groups excluding carboxylic acids is 1. The molecule has 0 saturated carbocycles. The summed E-state index contributed by atoms with van der Waals surface area (Å²) in [6.07, 6.45) is 4.60. The predicted molar refractivity (Wildman–Crippen MR) is 121 cm³/mol. The summed E-state index contributed by atoms with van der Waals surface area (Å²) in [4.78, 5) is 14.3. The molecule has 0 radical (unpaired) electrons. The fraction of sp³-hybridized carbons (Fsp3) is 0.174. The highest BCUT2D eigenvalue weighted by Crippen LogP contribution is 2.21. The summed E-state index contributed by atoms with van der Waals surface area (Å²) in [7, 11) is -1.93. The van der Waals surface area contributed by atoms with Gasteiger partial charge >= 0.3 is 0 Å². The van der Waals surface area contributed by atoms with Gasteiger partial charge in [0.25, 0.3) is 0 Å². The molecule has 1 heterocycles. The number of likely N-dealkylation sites (N-methyl/N-ethyl adjacent to an activating group) is 1. The highest BCUT2D eigenvalue weighted by Gasteiger charge is 2.16. The zero-order valence-electron chi connectivity index (χ0n) is 17.2. The summed E-state index contributed by atoms with van der Waals surface area (Å²) >= 11 is 5.92. The lowest BCUT2D eigenvalue weighted by Crippen LogP contribution is -2.27. The molecule has 0 spiro atoms. The minimum Gasteiger partial charge on any atom is -0.468 e. The van der Waals surface area contributed by atoms with Crippen LogP contribution in [0.2, 0.25) is 5.02 Å². The van der Waals surface area contributed by atoms with Gasteiger partial charge in [-0.2, -0.15) is 0 Å². The monoisotopic (exact) mass is 458 g/mol. The van der Waals surface area contributed by atoms with Crippen LogP contribution in [0.25, 0.3) is 6.08 Å². The normalized spacial score (nSPS) is 12.7. The van der Waals surface area contributed by atoms with Crippen molar-refractivity contribution >= 4 is 33.6 Å².